The molecule has 7 heteroatoms. The van der Waals surface area contributed by atoms with E-state index in [4.69, 9.17) is 14.0 Å². The molecule has 4 rings (SSSR count). The van der Waals surface area contributed by atoms with Gasteiger partial charge in [-0.05, 0) is 12.1 Å². The summed E-state index contributed by atoms with van der Waals surface area (Å²) in [5.74, 6) is -1.60. The first-order valence-corrected chi connectivity index (χ1v) is 6.54. The third-order valence-corrected chi connectivity index (χ3v) is 3.61. The third-order valence-electron chi connectivity index (χ3n) is 3.61. The Labute approximate surface area is 124 Å². The van der Waals surface area contributed by atoms with E-state index in [9.17, 15) is 14.4 Å². The van der Waals surface area contributed by atoms with Gasteiger partial charge in [0.25, 0.3) is 11.8 Å². The van der Waals surface area contributed by atoms with Crippen LogP contribution in [0.5, 0.6) is 0 Å². The normalized spacial score (nSPS) is 15.9. The topological polar surface area (TPSA) is 86.0 Å². The summed E-state index contributed by atoms with van der Waals surface area (Å²) in [6.45, 7) is 0.522. The van der Waals surface area contributed by atoms with Crippen molar-refractivity contribution >= 4 is 17.8 Å². The van der Waals surface area contributed by atoms with Crippen molar-refractivity contribution in [2.75, 3.05) is 0 Å². The fourth-order valence-electron chi connectivity index (χ4n) is 2.50. The minimum Gasteiger partial charge on any atom is -0.466 e. The smallest absolute Gasteiger partial charge is 0.367 e. The molecule has 0 N–H and O–H groups in total. The number of hydroxylamine groups is 2. The van der Waals surface area contributed by atoms with Gasteiger partial charge in [0.1, 0.15) is 24.2 Å². The zero-order valence-electron chi connectivity index (χ0n) is 11.2. The summed E-state index contributed by atoms with van der Waals surface area (Å²) in [4.78, 5) is 41.4. The number of carbonyl (C=O) groups is 3. The SMILES string of the molecule is O=C(ON1C(=O)c2ccccc2C1=O)c1coc2c1COC2. The summed E-state index contributed by atoms with van der Waals surface area (Å²) in [5.41, 5.74) is 1.16. The Balaban J connectivity index is 1.61. The molecule has 7 nitrogen and oxygen atoms in total. The van der Waals surface area contributed by atoms with Gasteiger partial charge in [-0.15, -0.1) is 0 Å². The highest BCUT2D eigenvalue weighted by molar-refractivity contribution is 6.21. The molecule has 0 saturated heterocycles. The number of ether oxygens (including phenoxy) is 1. The molecule has 0 bridgehead atoms. The second kappa shape index (κ2) is 4.54. The highest BCUT2D eigenvalue weighted by Crippen LogP contribution is 2.28. The third kappa shape index (κ3) is 1.69. The predicted octanol–water partition coefficient (Wildman–Crippen LogP) is 1.68. The average Bonchev–Trinajstić information content (AvgIpc) is 3.18. The molecular weight excluding hydrogens is 290 g/mol. The average molecular weight is 299 g/mol. The first-order valence-electron chi connectivity index (χ1n) is 6.54. The Kier molecular flexibility index (Phi) is 2.64. The van der Waals surface area contributed by atoms with Crippen LogP contribution in [0.15, 0.2) is 34.9 Å². The van der Waals surface area contributed by atoms with Crippen molar-refractivity contribution in [3.63, 3.8) is 0 Å². The number of fused-ring (bicyclic) bond motifs is 2. The van der Waals surface area contributed by atoms with E-state index in [1.54, 1.807) is 12.1 Å². The molecular formula is C15H9NO6. The number of hydrogen-bond acceptors (Lipinski definition) is 6. The largest absolute Gasteiger partial charge is 0.466 e. The number of carbonyl (C=O) groups excluding carboxylic acids is 3. The molecule has 0 spiro atoms. The van der Waals surface area contributed by atoms with E-state index < -0.39 is 17.8 Å². The fraction of sp³-hybridized carbons (Fsp3) is 0.133. The maximum absolute atomic E-state index is 12.2. The predicted molar refractivity (Wildman–Crippen MR) is 69.6 cm³/mol. The van der Waals surface area contributed by atoms with Crippen LogP contribution in [0.2, 0.25) is 0 Å². The van der Waals surface area contributed by atoms with Crippen LogP contribution in [0.1, 0.15) is 42.4 Å². The van der Waals surface area contributed by atoms with Crippen LogP contribution >= 0.6 is 0 Å². The number of hydrogen-bond donors (Lipinski definition) is 0. The lowest BCUT2D eigenvalue weighted by atomic mass is 10.1. The van der Waals surface area contributed by atoms with Crippen molar-refractivity contribution in [1.29, 1.82) is 0 Å². The molecule has 110 valence electrons. The molecule has 1 aromatic heterocycles. The first kappa shape index (κ1) is 12.8. The van der Waals surface area contributed by atoms with Crippen LogP contribution in [-0.4, -0.2) is 22.8 Å². The second-order valence-electron chi connectivity index (χ2n) is 4.87. The molecule has 0 saturated carbocycles. The number of furan rings is 1. The van der Waals surface area contributed by atoms with E-state index in [1.807, 2.05) is 0 Å². The molecule has 2 aliphatic heterocycles. The molecule has 2 aliphatic rings. The molecule has 0 fully saturated rings. The van der Waals surface area contributed by atoms with E-state index in [-0.39, 0.29) is 29.9 Å². The summed E-state index contributed by atoms with van der Waals surface area (Å²) < 4.78 is 10.4. The second-order valence-corrected chi connectivity index (χ2v) is 4.87. The van der Waals surface area contributed by atoms with Crippen LogP contribution in [0.25, 0.3) is 0 Å². The van der Waals surface area contributed by atoms with Gasteiger partial charge in [0.05, 0.1) is 17.7 Å². The van der Waals surface area contributed by atoms with Gasteiger partial charge in [0, 0.05) is 5.56 Å². The van der Waals surface area contributed by atoms with Crippen LogP contribution in [0, 0.1) is 0 Å². The summed E-state index contributed by atoms with van der Waals surface area (Å²) in [7, 11) is 0. The van der Waals surface area contributed by atoms with E-state index in [0.29, 0.717) is 16.4 Å². The Hall–Kier alpha value is -2.93. The maximum Gasteiger partial charge on any atom is 0.367 e. The number of imide groups is 1. The van der Waals surface area contributed by atoms with Crippen molar-refractivity contribution in [2.24, 2.45) is 0 Å². The highest BCUT2D eigenvalue weighted by Gasteiger charge is 2.39. The quantitative estimate of drug-likeness (QED) is 0.784. The number of nitrogens with zero attached hydrogens (tertiary/aromatic N) is 1. The molecule has 2 aromatic rings. The summed E-state index contributed by atoms with van der Waals surface area (Å²) in [6.07, 6.45) is 1.24. The lowest BCUT2D eigenvalue weighted by molar-refractivity contribution is -0.0586. The first-order chi connectivity index (χ1) is 10.7. The van der Waals surface area contributed by atoms with E-state index in [2.05, 4.69) is 0 Å². The molecule has 0 radical (unpaired) electrons. The minimum absolute atomic E-state index is 0.157. The number of benzene rings is 1. The van der Waals surface area contributed by atoms with Gasteiger partial charge < -0.3 is 14.0 Å². The Bertz CT molecular complexity index is 786. The molecule has 0 aliphatic carbocycles. The summed E-state index contributed by atoms with van der Waals surface area (Å²) in [5, 5.41) is 0.474. The van der Waals surface area contributed by atoms with Gasteiger partial charge in [-0.3, -0.25) is 9.59 Å². The maximum atomic E-state index is 12.2. The van der Waals surface area contributed by atoms with Gasteiger partial charge in [-0.1, -0.05) is 17.2 Å². The Morgan fingerprint density at radius 3 is 2.45 bits per heavy atom. The minimum atomic E-state index is -0.829. The number of rotatable bonds is 2. The highest BCUT2D eigenvalue weighted by atomic mass is 16.7. The van der Waals surface area contributed by atoms with Crippen molar-refractivity contribution < 1.29 is 28.4 Å². The Morgan fingerprint density at radius 1 is 1.09 bits per heavy atom. The molecule has 1 aromatic carbocycles. The van der Waals surface area contributed by atoms with E-state index >= 15 is 0 Å². The molecule has 22 heavy (non-hydrogen) atoms. The van der Waals surface area contributed by atoms with E-state index in [0.717, 1.165) is 0 Å². The van der Waals surface area contributed by atoms with Gasteiger partial charge in [0.15, 0.2) is 0 Å². The van der Waals surface area contributed by atoms with Crippen molar-refractivity contribution in [2.45, 2.75) is 13.2 Å². The van der Waals surface area contributed by atoms with Crippen molar-refractivity contribution in [3.05, 3.63) is 58.5 Å². The van der Waals surface area contributed by atoms with Crippen LogP contribution in [0.4, 0.5) is 0 Å². The van der Waals surface area contributed by atoms with Gasteiger partial charge in [-0.25, -0.2) is 4.79 Å². The number of amides is 2. The molecule has 3 heterocycles. The van der Waals surface area contributed by atoms with Crippen molar-refractivity contribution in [3.8, 4) is 0 Å². The summed E-state index contributed by atoms with van der Waals surface area (Å²) in [6, 6.07) is 6.28. The van der Waals surface area contributed by atoms with E-state index in [1.165, 1.54) is 18.4 Å². The van der Waals surface area contributed by atoms with Gasteiger partial charge in [-0.2, -0.15) is 0 Å². The monoisotopic (exact) mass is 299 g/mol. The lowest BCUT2D eigenvalue weighted by Crippen LogP contribution is -2.32. The zero-order chi connectivity index (χ0) is 15.3. The van der Waals surface area contributed by atoms with Crippen LogP contribution in [0.3, 0.4) is 0 Å². The zero-order valence-corrected chi connectivity index (χ0v) is 11.2. The van der Waals surface area contributed by atoms with Crippen LogP contribution < -0.4 is 0 Å². The van der Waals surface area contributed by atoms with Crippen molar-refractivity contribution in [1.82, 2.24) is 5.06 Å². The van der Waals surface area contributed by atoms with Gasteiger partial charge in [0.2, 0.25) is 0 Å². The molecule has 0 unspecified atom stereocenters. The molecule has 0 atom stereocenters. The molecule has 2 amide bonds. The Morgan fingerprint density at radius 2 is 1.77 bits per heavy atom. The van der Waals surface area contributed by atoms with Crippen LogP contribution in [-0.2, 0) is 22.8 Å². The summed E-state index contributed by atoms with van der Waals surface area (Å²) >= 11 is 0. The standard InChI is InChI=1S/C15H9NO6/c17-13-8-3-1-2-4-9(8)14(18)16(13)22-15(19)11-6-21-12-7-20-5-10(11)12/h1-4,6H,5,7H2. The fourth-order valence-corrected chi connectivity index (χ4v) is 2.50. The lowest BCUT2D eigenvalue weighted by Gasteiger charge is -2.12. The van der Waals surface area contributed by atoms with Gasteiger partial charge >= 0.3 is 5.97 Å².